The monoisotopic (exact) mass is 468 g/mol. The molecule has 5 rings (SSSR count). The maximum Gasteiger partial charge on any atom is 0.227 e. The number of hydrogen-bond donors (Lipinski definition) is 1. The molecule has 0 radical (unpaired) electrons. The Morgan fingerprint density at radius 1 is 1.22 bits per heavy atom. The summed E-state index contributed by atoms with van der Waals surface area (Å²) in [5, 5.41) is 9.30. The molecule has 1 aliphatic carbocycles. The van der Waals surface area contributed by atoms with E-state index in [0.717, 1.165) is 28.8 Å². The number of benzene rings is 2. The predicted octanol–water partition coefficient (Wildman–Crippen LogP) is 6.02. The number of fused-ring (bicyclic) bond motifs is 1. The summed E-state index contributed by atoms with van der Waals surface area (Å²) >= 11 is 7.55. The molecule has 0 unspecified atom stereocenters. The molecule has 5 nitrogen and oxygen atoms in total. The Kier molecular flexibility index (Phi) is 5.34. The van der Waals surface area contributed by atoms with Gasteiger partial charge in [-0.2, -0.15) is 4.98 Å². The summed E-state index contributed by atoms with van der Waals surface area (Å²) in [5.41, 5.74) is 3.33. The van der Waals surface area contributed by atoms with Crippen LogP contribution in [0.4, 0.5) is 10.3 Å². The number of carbonyl (C=O) groups is 1. The zero-order valence-electron chi connectivity index (χ0n) is 17.7. The summed E-state index contributed by atoms with van der Waals surface area (Å²) in [5.74, 6) is 1.02. The van der Waals surface area contributed by atoms with Crippen LogP contribution in [-0.2, 0) is 10.5 Å². The van der Waals surface area contributed by atoms with Crippen molar-refractivity contribution in [1.29, 1.82) is 0 Å². The van der Waals surface area contributed by atoms with Gasteiger partial charge in [0.1, 0.15) is 11.9 Å². The Bertz CT molecular complexity index is 1240. The fourth-order valence-electron chi connectivity index (χ4n) is 4.38. The van der Waals surface area contributed by atoms with Crippen LogP contribution < -0.4 is 5.32 Å². The summed E-state index contributed by atoms with van der Waals surface area (Å²) in [6.07, 6.45) is 1.25. The average molecular weight is 469 g/mol. The van der Waals surface area contributed by atoms with Crippen LogP contribution in [0.5, 0.6) is 0 Å². The Morgan fingerprint density at radius 2 is 2.00 bits per heavy atom. The van der Waals surface area contributed by atoms with Gasteiger partial charge in [-0.3, -0.25) is 4.79 Å². The minimum atomic E-state index is -0.363. The molecular weight excluding hydrogens is 447 g/mol. The summed E-state index contributed by atoms with van der Waals surface area (Å²) in [6, 6.07) is 13.7. The lowest BCUT2D eigenvalue weighted by Gasteiger charge is -2.38. The molecule has 0 bridgehead atoms. The van der Waals surface area contributed by atoms with Gasteiger partial charge in [-0.1, -0.05) is 61.5 Å². The number of hydrogen-bond acceptors (Lipinski definition) is 5. The van der Waals surface area contributed by atoms with Gasteiger partial charge in [-0.05, 0) is 47.2 Å². The van der Waals surface area contributed by atoms with E-state index in [4.69, 9.17) is 16.7 Å². The van der Waals surface area contributed by atoms with E-state index in [9.17, 15) is 9.18 Å². The van der Waals surface area contributed by atoms with Crippen molar-refractivity contribution < 1.29 is 9.18 Å². The summed E-state index contributed by atoms with van der Waals surface area (Å²) in [4.78, 5) is 17.9. The quantitative estimate of drug-likeness (QED) is 0.474. The van der Waals surface area contributed by atoms with Crippen molar-refractivity contribution in [2.24, 2.45) is 5.41 Å². The Morgan fingerprint density at radius 3 is 2.75 bits per heavy atom. The third-order valence-corrected chi connectivity index (χ3v) is 6.92. The van der Waals surface area contributed by atoms with E-state index in [-0.39, 0.29) is 23.1 Å². The van der Waals surface area contributed by atoms with Crippen LogP contribution in [0.2, 0.25) is 5.02 Å². The molecule has 164 valence electrons. The minimum Gasteiger partial charge on any atom is -0.328 e. The second-order valence-corrected chi connectivity index (χ2v) is 10.4. The van der Waals surface area contributed by atoms with Crippen molar-refractivity contribution in [3.63, 3.8) is 0 Å². The first-order valence-electron chi connectivity index (χ1n) is 10.4. The van der Waals surface area contributed by atoms with E-state index in [2.05, 4.69) is 24.1 Å². The second kappa shape index (κ2) is 8.05. The molecule has 0 spiro atoms. The topological polar surface area (TPSA) is 59.8 Å². The van der Waals surface area contributed by atoms with Crippen LogP contribution in [0.1, 0.15) is 43.9 Å². The molecule has 1 atom stereocenters. The third kappa shape index (κ3) is 4.07. The fourth-order valence-corrected chi connectivity index (χ4v) is 5.28. The molecule has 1 aliphatic heterocycles. The first-order chi connectivity index (χ1) is 15.3. The molecule has 8 heteroatoms. The van der Waals surface area contributed by atoms with E-state index in [0.29, 0.717) is 28.3 Å². The Labute approximate surface area is 195 Å². The van der Waals surface area contributed by atoms with Gasteiger partial charge in [0.05, 0.1) is 0 Å². The van der Waals surface area contributed by atoms with Gasteiger partial charge in [0.15, 0.2) is 5.78 Å². The standard InChI is InChI=1S/C24H22ClFN4OS/c1-24(2)11-18-20(19(31)12-24)21(15-6-8-16(25)9-7-15)30-22(27-18)28-23(29-30)32-13-14-4-3-5-17(26)10-14/h3-10,21H,11-13H2,1-2H3,(H,27,28,29)/t21-/m1/s1. The first kappa shape index (κ1) is 21.2. The lowest BCUT2D eigenvalue weighted by molar-refractivity contribution is -0.118. The number of halogens is 2. The molecule has 0 saturated carbocycles. The SMILES string of the molecule is CC1(C)CC(=O)C2=C(C1)Nc1nc(SCc3cccc(F)c3)nn1[C@@H]2c1ccc(Cl)cc1. The van der Waals surface area contributed by atoms with Gasteiger partial charge in [0.2, 0.25) is 11.1 Å². The number of allylic oxidation sites excluding steroid dienone is 2. The smallest absolute Gasteiger partial charge is 0.227 e. The molecule has 3 aromatic rings. The third-order valence-electron chi connectivity index (χ3n) is 5.76. The maximum atomic E-state index is 13.5. The van der Waals surface area contributed by atoms with Crippen molar-refractivity contribution in [3.8, 4) is 0 Å². The van der Waals surface area contributed by atoms with Crippen molar-refractivity contribution in [2.75, 3.05) is 5.32 Å². The average Bonchev–Trinajstić information content (AvgIpc) is 3.13. The summed E-state index contributed by atoms with van der Waals surface area (Å²) in [7, 11) is 0. The molecule has 2 heterocycles. The number of aromatic nitrogens is 3. The number of nitrogens with one attached hydrogen (secondary N) is 1. The van der Waals surface area contributed by atoms with Crippen molar-refractivity contribution in [3.05, 3.63) is 81.8 Å². The molecule has 2 aliphatic rings. The number of Topliss-reactive ketones (excluding diaryl/α,β-unsaturated/α-hetero) is 1. The summed E-state index contributed by atoms with van der Waals surface area (Å²) < 4.78 is 15.3. The molecular formula is C24H22ClFN4OS. The van der Waals surface area contributed by atoms with E-state index in [1.165, 1.54) is 23.9 Å². The van der Waals surface area contributed by atoms with Crippen molar-refractivity contribution in [2.45, 2.75) is 43.6 Å². The maximum absolute atomic E-state index is 13.5. The number of thioether (sulfide) groups is 1. The van der Waals surface area contributed by atoms with E-state index >= 15 is 0 Å². The van der Waals surface area contributed by atoms with Gasteiger partial charge < -0.3 is 5.32 Å². The Balaban J connectivity index is 1.52. The van der Waals surface area contributed by atoms with Crippen molar-refractivity contribution >= 4 is 35.1 Å². The van der Waals surface area contributed by atoms with Crippen LogP contribution in [0.15, 0.2) is 65.0 Å². The molecule has 1 aromatic heterocycles. The highest BCUT2D eigenvalue weighted by Gasteiger charge is 2.41. The first-order valence-corrected chi connectivity index (χ1v) is 11.8. The largest absolute Gasteiger partial charge is 0.328 e. The number of rotatable bonds is 4. The fraction of sp³-hybridized carbons (Fsp3) is 0.292. The highest BCUT2D eigenvalue weighted by molar-refractivity contribution is 7.98. The molecule has 2 aromatic carbocycles. The Hall–Kier alpha value is -2.64. The highest BCUT2D eigenvalue weighted by Crippen LogP contribution is 2.45. The molecule has 0 fully saturated rings. The van der Waals surface area contributed by atoms with Gasteiger partial charge in [-0.15, -0.1) is 5.10 Å². The summed E-state index contributed by atoms with van der Waals surface area (Å²) in [6.45, 7) is 4.21. The van der Waals surface area contributed by atoms with Crippen LogP contribution in [-0.4, -0.2) is 20.5 Å². The molecule has 0 saturated heterocycles. The van der Waals surface area contributed by atoms with E-state index < -0.39 is 0 Å². The van der Waals surface area contributed by atoms with Gasteiger partial charge in [0, 0.05) is 28.5 Å². The normalized spacial score (nSPS) is 19.4. The van der Waals surface area contributed by atoms with Gasteiger partial charge >= 0.3 is 0 Å². The predicted molar refractivity (Wildman–Crippen MR) is 124 cm³/mol. The second-order valence-electron chi connectivity index (χ2n) is 8.99. The lowest BCUT2D eigenvalue weighted by atomic mass is 9.73. The number of nitrogens with zero attached hydrogens (tertiary/aromatic N) is 3. The van der Waals surface area contributed by atoms with Crippen LogP contribution in [0.25, 0.3) is 0 Å². The van der Waals surface area contributed by atoms with Gasteiger partial charge in [-0.25, -0.2) is 9.07 Å². The molecule has 0 amide bonds. The highest BCUT2D eigenvalue weighted by atomic mass is 35.5. The lowest BCUT2D eigenvalue weighted by Crippen LogP contribution is -2.36. The minimum absolute atomic E-state index is 0.120. The van der Waals surface area contributed by atoms with Crippen LogP contribution in [0, 0.1) is 11.2 Å². The molecule has 32 heavy (non-hydrogen) atoms. The van der Waals surface area contributed by atoms with Crippen LogP contribution >= 0.6 is 23.4 Å². The van der Waals surface area contributed by atoms with Crippen molar-refractivity contribution in [1.82, 2.24) is 14.8 Å². The zero-order chi connectivity index (χ0) is 22.5. The molecule has 1 N–H and O–H groups in total. The van der Waals surface area contributed by atoms with E-state index in [1.807, 2.05) is 30.3 Å². The zero-order valence-corrected chi connectivity index (χ0v) is 19.3. The number of ketones is 1. The number of anilines is 1. The number of carbonyl (C=O) groups excluding carboxylic acids is 1. The van der Waals surface area contributed by atoms with Crippen LogP contribution in [0.3, 0.4) is 0 Å². The van der Waals surface area contributed by atoms with E-state index in [1.54, 1.807) is 10.7 Å². The van der Waals surface area contributed by atoms with Gasteiger partial charge in [0.25, 0.3) is 0 Å².